The van der Waals surface area contributed by atoms with Crippen molar-refractivity contribution in [3.8, 4) is 0 Å². The second-order valence-corrected chi connectivity index (χ2v) is 9.39. The van der Waals surface area contributed by atoms with Crippen molar-refractivity contribution in [3.05, 3.63) is 65.5 Å². The molecule has 1 heterocycles. The van der Waals surface area contributed by atoms with Gasteiger partial charge in [-0.05, 0) is 61.1 Å². The van der Waals surface area contributed by atoms with E-state index in [0.29, 0.717) is 37.7 Å². The van der Waals surface area contributed by atoms with E-state index in [1.807, 2.05) is 12.1 Å². The van der Waals surface area contributed by atoms with Gasteiger partial charge in [0.05, 0.1) is 11.5 Å². The van der Waals surface area contributed by atoms with Crippen LogP contribution in [0.1, 0.15) is 28.8 Å². The molecule has 3 rings (SSSR count). The highest BCUT2D eigenvalue weighted by Gasteiger charge is 2.29. The topological polar surface area (TPSA) is 75.7 Å². The second-order valence-electron chi connectivity index (χ2n) is 7.45. The molecular formula is C22H27FN2O4S. The lowest BCUT2D eigenvalue weighted by Crippen LogP contribution is -2.38. The minimum atomic E-state index is -3.67. The molecule has 0 atom stereocenters. The van der Waals surface area contributed by atoms with Gasteiger partial charge in [-0.2, -0.15) is 4.31 Å². The van der Waals surface area contributed by atoms with Gasteiger partial charge >= 0.3 is 0 Å². The molecule has 1 aliphatic heterocycles. The molecular weight excluding hydrogens is 407 g/mol. The van der Waals surface area contributed by atoms with Crippen LogP contribution in [0.15, 0.2) is 53.4 Å². The fraction of sp³-hybridized carbons (Fsp3) is 0.409. The molecule has 6 nitrogen and oxygen atoms in total. The zero-order valence-corrected chi connectivity index (χ0v) is 17.8. The number of nitrogens with zero attached hydrogens (tertiary/aromatic N) is 1. The summed E-state index contributed by atoms with van der Waals surface area (Å²) in [4.78, 5) is 12.0. The van der Waals surface area contributed by atoms with Crippen molar-refractivity contribution < 1.29 is 22.3 Å². The fourth-order valence-corrected chi connectivity index (χ4v) is 5.13. The van der Waals surface area contributed by atoms with Crippen molar-refractivity contribution in [2.24, 2.45) is 5.92 Å². The van der Waals surface area contributed by atoms with Gasteiger partial charge in [0, 0.05) is 32.3 Å². The van der Waals surface area contributed by atoms with Crippen LogP contribution >= 0.6 is 0 Å². The molecule has 1 amide bonds. The summed E-state index contributed by atoms with van der Waals surface area (Å²) in [5.74, 6) is -0.318. The first kappa shape index (κ1) is 22.4. The number of rotatable bonds is 8. The first-order chi connectivity index (χ1) is 14.4. The molecule has 0 spiro atoms. The number of ether oxygens (including phenoxy) is 1. The third kappa shape index (κ3) is 5.65. The van der Waals surface area contributed by atoms with Gasteiger partial charge < -0.3 is 10.1 Å². The van der Waals surface area contributed by atoms with Crippen molar-refractivity contribution in [1.29, 1.82) is 0 Å². The molecule has 1 saturated heterocycles. The van der Waals surface area contributed by atoms with Gasteiger partial charge in [0.15, 0.2) is 0 Å². The second kappa shape index (κ2) is 10.1. The molecule has 0 unspecified atom stereocenters. The maximum absolute atomic E-state index is 13.4. The standard InChI is InChI=1S/C22H27FN2O4S/c1-29-14-11-24-22(26)19-7-5-17(6-8-19)15-18-9-12-25(13-10-18)30(27,28)21-4-2-3-20(23)16-21/h2-8,16,18H,9-15H2,1H3,(H,24,26). The summed E-state index contributed by atoms with van der Waals surface area (Å²) < 4.78 is 45.2. The summed E-state index contributed by atoms with van der Waals surface area (Å²) in [6.07, 6.45) is 2.32. The van der Waals surface area contributed by atoms with Crippen molar-refractivity contribution in [2.45, 2.75) is 24.2 Å². The maximum Gasteiger partial charge on any atom is 0.251 e. The van der Waals surface area contributed by atoms with Crippen LogP contribution in [0.2, 0.25) is 0 Å². The monoisotopic (exact) mass is 434 g/mol. The van der Waals surface area contributed by atoms with Gasteiger partial charge in [0.2, 0.25) is 10.0 Å². The van der Waals surface area contributed by atoms with Crippen LogP contribution < -0.4 is 5.32 Å². The highest BCUT2D eigenvalue weighted by Crippen LogP contribution is 2.26. The Labute approximate surface area is 177 Å². The van der Waals surface area contributed by atoms with E-state index in [-0.39, 0.29) is 10.8 Å². The third-order valence-corrected chi connectivity index (χ3v) is 7.23. The molecule has 0 bridgehead atoms. The van der Waals surface area contributed by atoms with Gasteiger partial charge in [-0.3, -0.25) is 4.79 Å². The first-order valence-electron chi connectivity index (χ1n) is 10.0. The van der Waals surface area contributed by atoms with Crippen LogP contribution in [0.25, 0.3) is 0 Å². The van der Waals surface area contributed by atoms with Crippen LogP contribution in [0, 0.1) is 11.7 Å². The number of nitrogens with one attached hydrogen (secondary N) is 1. The van der Waals surface area contributed by atoms with Gasteiger partial charge in [-0.1, -0.05) is 18.2 Å². The van der Waals surface area contributed by atoms with E-state index in [9.17, 15) is 17.6 Å². The molecule has 0 aromatic heterocycles. The molecule has 1 fully saturated rings. The molecule has 0 radical (unpaired) electrons. The van der Waals surface area contributed by atoms with E-state index < -0.39 is 15.8 Å². The van der Waals surface area contributed by atoms with Gasteiger partial charge in [-0.25, -0.2) is 12.8 Å². The molecule has 0 aliphatic carbocycles. The highest BCUT2D eigenvalue weighted by molar-refractivity contribution is 7.89. The van der Waals surface area contributed by atoms with E-state index >= 15 is 0 Å². The van der Waals surface area contributed by atoms with E-state index in [0.717, 1.165) is 30.9 Å². The molecule has 8 heteroatoms. The maximum atomic E-state index is 13.4. The number of amides is 1. The fourth-order valence-electron chi connectivity index (χ4n) is 3.62. The minimum absolute atomic E-state index is 0.000291. The van der Waals surface area contributed by atoms with Crippen LogP contribution in [0.5, 0.6) is 0 Å². The summed E-state index contributed by atoms with van der Waals surface area (Å²) in [5, 5.41) is 2.79. The minimum Gasteiger partial charge on any atom is -0.383 e. The number of halogens is 1. The summed E-state index contributed by atoms with van der Waals surface area (Å²) in [5.41, 5.74) is 1.72. The summed E-state index contributed by atoms with van der Waals surface area (Å²) in [6, 6.07) is 12.6. The SMILES string of the molecule is COCCNC(=O)c1ccc(CC2CCN(S(=O)(=O)c3cccc(F)c3)CC2)cc1. The largest absolute Gasteiger partial charge is 0.383 e. The number of carbonyl (C=O) groups is 1. The van der Waals surface area contributed by atoms with Crippen molar-refractivity contribution in [1.82, 2.24) is 9.62 Å². The molecule has 2 aromatic carbocycles. The van der Waals surface area contributed by atoms with E-state index in [1.54, 1.807) is 19.2 Å². The predicted molar refractivity (Wildman–Crippen MR) is 112 cm³/mol. The molecule has 2 aromatic rings. The lowest BCUT2D eigenvalue weighted by Gasteiger charge is -2.31. The van der Waals surface area contributed by atoms with Crippen LogP contribution in [0.4, 0.5) is 4.39 Å². The van der Waals surface area contributed by atoms with E-state index in [2.05, 4.69) is 5.32 Å². The number of sulfonamides is 1. The lowest BCUT2D eigenvalue weighted by atomic mass is 9.91. The third-order valence-electron chi connectivity index (χ3n) is 5.34. The number of benzene rings is 2. The number of piperidine rings is 1. The Kier molecular flexibility index (Phi) is 7.58. The Morgan fingerprint density at radius 1 is 1.17 bits per heavy atom. The highest BCUT2D eigenvalue weighted by atomic mass is 32.2. The normalized spacial score (nSPS) is 15.8. The number of hydrogen-bond acceptors (Lipinski definition) is 4. The van der Waals surface area contributed by atoms with Crippen molar-refractivity contribution >= 4 is 15.9 Å². The molecule has 0 saturated carbocycles. The van der Waals surface area contributed by atoms with Gasteiger partial charge in [-0.15, -0.1) is 0 Å². The Hall–Kier alpha value is -2.29. The summed E-state index contributed by atoms with van der Waals surface area (Å²) >= 11 is 0. The smallest absolute Gasteiger partial charge is 0.251 e. The van der Waals surface area contributed by atoms with Crippen molar-refractivity contribution in [3.63, 3.8) is 0 Å². The van der Waals surface area contributed by atoms with Crippen LogP contribution in [-0.4, -0.2) is 52.0 Å². The zero-order valence-electron chi connectivity index (χ0n) is 17.0. The Balaban J connectivity index is 1.53. The molecule has 1 N–H and O–H groups in total. The molecule has 1 aliphatic rings. The van der Waals surface area contributed by atoms with Crippen LogP contribution in [0.3, 0.4) is 0 Å². The van der Waals surface area contributed by atoms with Gasteiger partial charge in [0.1, 0.15) is 5.82 Å². The average Bonchev–Trinajstić information content (AvgIpc) is 2.75. The molecule has 30 heavy (non-hydrogen) atoms. The van der Waals surface area contributed by atoms with Crippen LogP contribution in [-0.2, 0) is 21.2 Å². The number of hydrogen-bond donors (Lipinski definition) is 1. The average molecular weight is 435 g/mol. The Morgan fingerprint density at radius 2 is 1.87 bits per heavy atom. The van der Waals surface area contributed by atoms with E-state index in [4.69, 9.17) is 4.74 Å². The summed E-state index contributed by atoms with van der Waals surface area (Å²) in [6.45, 7) is 1.78. The van der Waals surface area contributed by atoms with Crippen molar-refractivity contribution in [2.75, 3.05) is 33.4 Å². The van der Waals surface area contributed by atoms with Gasteiger partial charge in [0.25, 0.3) is 5.91 Å². The Morgan fingerprint density at radius 3 is 2.50 bits per heavy atom. The number of methoxy groups -OCH3 is 1. The zero-order chi connectivity index (χ0) is 21.6. The first-order valence-corrected chi connectivity index (χ1v) is 11.5. The lowest BCUT2D eigenvalue weighted by molar-refractivity contribution is 0.0937. The quantitative estimate of drug-likeness (QED) is 0.649. The Bertz CT molecular complexity index is 955. The predicted octanol–water partition coefficient (Wildman–Crippen LogP) is 2.85. The van der Waals surface area contributed by atoms with E-state index in [1.165, 1.54) is 22.5 Å². The molecule has 162 valence electrons. The summed E-state index contributed by atoms with van der Waals surface area (Å²) in [7, 11) is -2.08. The number of carbonyl (C=O) groups excluding carboxylic acids is 1.